The van der Waals surface area contributed by atoms with Gasteiger partial charge in [-0.15, -0.1) is 0 Å². The molecule has 0 spiro atoms. The molecule has 3 N–H and O–H groups in total. The number of methoxy groups -OCH3 is 1. The molecule has 2 aromatic rings. The number of carbonyl (C=O) groups is 1. The van der Waals surface area contributed by atoms with Crippen molar-refractivity contribution >= 4 is 28.9 Å². The minimum Gasteiger partial charge on any atom is -0.497 e. The van der Waals surface area contributed by atoms with E-state index in [1.54, 1.807) is 7.11 Å². The number of carbonyl (C=O) groups excluding carboxylic acids is 1. The quantitative estimate of drug-likeness (QED) is 0.704. The summed E-state index contributed by atoms with van der Waals surface area (Å²) in [4.78, 5) is 13.2. The highest BCUT2D eigenvalue weighted by atomic mass is 32.1. The zero-order chi connectivity index (χ0) is 19.6. The Morgan fingerprint density at radius 3 is 2.63 bits per heavy atom. The maximum Gasteiger partial charge on any atom is 0.255 e. The number of thiocarbonyl (C=S) groups is 1. The number of hydrogen-bond donors (Lipinski definition) is 3. The molecule has 5 nitrogen and oxygen atoms in total. The summed E-state index contributed by atoms with van der Waals surface area (Å²) in [5, 5.41) is 9.79. The standard InChI is InChI=1S/C21H23N3O2S/c1-12-7-5-10-17(13(12)2)23-20(25)18-14(3)22-21(27)24-19(18)15-8-6-9-16(11-15)26-4/h5-11,19H,1-4H3,(H,23,25)(H2,22,24,27). The van der Waals surface area contributed by atoms with Crippen LogP contribution in [0.3, 0.4) is 0 Å². The van der Waals surface area contributed by atoms with Crippen LogP contribution < -0.4 is 20.7 Å². The van der Waals surface area contributed by atoms with Crippen LogP contribution in [-0.2, 0) is 4.79 Å². The number of benzene rings is 2. The first-order valence-electron chi connectivity index (χ1n) is 8.70. The van der Waals surface area contributed by atoms with E-state index in [4.69, 9.17) is 17.0 Å². The van der Waals surface area contributed by atoms with Gasteiger partial charge >= 0.3 is 0 Å². The molecule has 1 heterocycles. The summed E-state index contributed by atoms with van der Waals surface area (Å²) < 4.78 is 5.33. The summed E-state index contributed by atoms with van der Waals surface area (Å²) in [6, 6.07) is 13.1. The number of allylic oxidation sites excluding steroid dienone is 1. The smallest absolute Gasteiger partial charge is 0.255 e. The lowest BCUT2D eigenvalue weighted by Gasteiger charge is -2.30. The zero-order valence-electron chi connectivity index (χ0n) is 15.8. The largest absolute Gasteiger partial charge is 0.497 e. The van der Waals surface area contributed by atoms with Gasteiger partial charge in [0.05, 0.1) is 18.7 Å². The lowest BCUT2D eigenvalue weighted by molar-refractivity contribution is -0.113. The molecule has 0 aliphatic carbocycles. The topological polar surface area (TPSA) is 62.4 Å². The molecule has 0 saturated carbocycles. The predicted octanol–water partition coefficient (Wildman–Crippen LogP) is 3.74. The molecule has 0 aromatic heterocycles. The van der Waals surface area contributed by atoms with Gasteiger partial charge in [-0.2, -0.15) is 0 Å². The number of nitrogens with one attached hydrogen (secondary N) is 3. The number of amides is 1. The molecule has 0 bridgehead atoms. The molecule has 1 aliphatic rings. The second-order valence-corrected chi connectivity index (χ2v) is 6.96. The first-order chi connectivity index (χ1) is 12.9. The Balaban J connectivity index is 1.98. The molecule has 1 aliphatic heterocycles. The van der Waals surface area contributed by atoms with Gasteiger partial charge in [0.25, 0.3) is 5.91 Å². The minimum atomic E-state index is -0.362. The number of hydrogen-bond acceptors (Lipinski definition) is 3. The Bertz CT molecular complexity index is 937. The second kappa shape index (κ2) is 7.80. The summed E-state index contributed by atoms with van der Waals surface area (Å²) in [5.41, 5.74) is 5.21. The van der Waals surface area contributed by atoms with Gasteiger partial charge in [0.1, 0.15) is 5.75 Å². The van der Waals surface area contributed by atoms with Crippen LogP contribution in [0.2, 0.25) is 0 Å². The summed E-state index contributed by atoms with van der Waals surface area (Å²) in [6.45, 7) is 5.88. The molecule has 1 unspecified atom stereocenters. The molecule has 140 valence electrons. The third-order valence-corrected chi connectivity index (χ3v) is 5.01. The third kappa shape index (κ3) is 3.95. The van der Waals surface area contributed by atoms with Gasteiger partial charge in [0.2, 0.25) is 0 Å². The Hall–Kier alpha value is -2.86. The Labute approximate surface area is 164 Å². The lowest BCUT2D eigenvalue weighted by atomic mass is 9.94. The average molecular weight is 382 g/mol. The van der Waals surface area contributed by atoms with E-state index in [1.165, 1.54) is 0 Å². The fraction of sp³-hybridized carbons (Fsp3) is 0.238. The van der Waals surface area contributed by atoms with E-state index < -0.39 is 0 Å². The van der Waals surface area contributed by atoms with Gasteiger partial charge in [0.15, 0.2) is 5.11 Å². The third-order valence-electron chi connectivity index (χ3n) is 4.79. The highest BCUT2D eigenvalue weighted by Crippen LogP contribution is 2.30. The van der Waals surface area contributed by atoms with Gasteiger partial charge in [0, 0.05) is 11.4 Å². The molecule has 2 aromatic carbocycles. The summed E-state index contributed by atoms with van der Waals surface area (Å²) in [6.07, 6.45) is 0. The fourth-order valence-corrected chi connectivity index (χ4v) is 3.41. The summed E-state index contributed by atoms with van der Waals surface area (Å²) in [5.74, 6) is 0.558. The van der Waals surface area contributed by atoms with Crippen molar-refractivity contribution in [2.45, 2.75) is 26.8 Å². The average Bonchev–Trinajstić information content (AvgIpc) is 2.64. The van der Waals surface area contributed by atoms with Gasteiger partial charge in [-0.05, 0) is 67.9 Å². The van der Waals surface area contributed by atoms with Gasteiger partial charge in [-0.25, -0.2) is 0 Å². The van der Waals surface area contributed by atoms with Crippen molar-refractivity contribution in [3.63, 3.8) is 0 Å². The van der Waals surface area contributed by atoms with E-state index in [9.17, 15) is 4.79 Å². The van der Waals surface area contributed by atoms with Crippen molar-refractivity contribution in [3.8, 4) is 5.75 Å². The summed E-state index contributed by atoms with van der Waals surface area (Å²) >= 11 is 5.31. The van der Waals surface area contributed by atoms with Gasteiger partial charge in [-0.1, -0.05) is 24.3 Å². The number of rotatable bonds is 4. The van der Waals surface area contributed by atoms with Crippen LogP contribution in [0.25, 0.3) is 0 Å². The van der Waals surface area contributed by atoms with Crippen molar-refractivity contribution in [1.29, 1.82) is 0 Å². The van der Waals surface area contributed by atoms with Crippen LogP contribution in [0.4, 0.5) is 5.69 Å². The van der Waals surface area contributed by atoms with Crippen LogP contribution >= 0.6 is 12.2 Å². The molecular formula is C21H23N3O2S. The maximum absolute atomic E-state index is 13.2. The van der Waals surface area contributed by atoms with Crippen molar-refractivity contribution in [2.24, 2.45) is 0 Å². The SMILES string of the molecule is COc1cccc(C2NC(=S)NC(C)=C2C(=O)Nc2cccc(C)c2C)c1. The highest BCUT2D eigenvalue weighted by Gasteiger charge is 2.30. The first-order valence-corrected chi connectivity index (χ1v) is 9.11. The molecule has 0 fully saturated rings. The molecule has 0 radical (unpaired) electrons. The number of anilines is 1. The van der Waals surface area contributed by atoms with Crippen molar-refractivity contribution < 1.29 is 9.53 Å². The van der Waals surface area contributed by atoms with Crippen LogP contribution in [0, 0.1) is 13.8 Å². The van der Waals surface area contributed by atoms with Crippen molar-refractivity contribution in [2.75, 3.05) is 12.4 Å². The molecular weight excluding hydrogens is 358 g/mol. The van der Waals surface area contributed by atoms with E-state index in [0.717, 1.165) is 33.8 Å². The van der Waals surface area contributed by atoms with E-state index in [0.29, 0.717) is 10.7 Å². The van der Waals surface area contributed by atoms with Gasteiger partial charge in [-0.3, -0.25) is 4.79 Å². The number of aryl methyl sites for hydroxylation is 1. The van der Waals surface area contributed by atoms with Crippen LogP contribution in [-0.4, -0.2) is 18.1 Å². The second-order valence-electron chi connectivity index (χ2n) is 6.55. The first kappa shape index (κ1) is 18.9. The Morgan fingerprint density at radius 1 is 1.15 bits per heavy atom. The van der Waals surface area contributed by atoms with Gasteiger partial charge < -0.3 is 20.7 Å². The minimum absolute atomic E-state index is 0.170. The lowest BCUT2D eigenvalue weighted by Crippen LogP contribution is -2.45. The van der Waals surface area contributed by atoms with E-state index in [2.05, 4.69) is 16.0 Å². The normalized spacial score (nSPS) is 16.4. The van der Waals surface area contributed by atoms with Crippen LogP contribution in [0.1, 0.15) is 29.7 Å². The zero-order valence-corrected chi connectivity index (χ0v) is 16.7. The maximum atomic E-state index is 13.2. The Morgan fingerprint density at radius 2 is 1.89 bits per heavy atom. The molecule has 3 rings (SSSR count). The fourth-order valence-electron chi connectivity index (χ4n) is 3.14. The van der Waals surface area contributed by atoms with Crippen molar-refractivity contribution in [1.82, 2.24) is 10.6 Å². The van der Waals surface area contributed by atoms with E-state index >= 15 is 0 Å². The monoisotopic (exact) mass is 381 g/mol. The van der Waals surface area contributed by atoms with Crippen LogP contribution in [0.15, 0.2) is 53.7 Å². The molecule has 27 heavy (non-hydrogen) atoms. The molecule has 1 amide bonds. The molecule has 6 heteroatoms. The predicted molar refractivity (Wildman–Crippen MR) is 112 cm³/mol. The van der Waals surface area contributed by atoms with Crippen molar-refractivity contribution in [3.05, 3.63) is 70.4 Å². The van der Waals surface area contributed by atoms with E-state index in [1.807, 2.05) is 63.2 Å². The number of ether oxygens (including phenoxy) is 1. The molecule has 0 saturated heterocycles. The molecule has 1 atom stereocenters. The Kier molecular flexibility index (Phi) is 5.46. The highest BCUT2D eigenvalue weighted by molar-refractivity contribution is 7.80. The summed E-state index contributed by atoms with van der Waals surface area (Å²) in [7, 11) is 1.62. The van der Waals surface area contributed by atoms with Crippen LogP contribution in [0.5, 0.6) is 5.75 Å². The van der Waals surface area contributed by atoms with E-state index in [-0.39, 0.29) is 11.9 Å².